The summed E-state index contributed by atoms with van der Waals surface area (Å²) in [7, 11) is 0. The minimum Gasteiger partial charge on any atom is -0.278 e. The van der Waals surface area contributed by atoms with E-state index in [4.69, 9.17) is 0 Å². The molecule has 4 heterocycles. The molecule has 8 aromatic rings. The Morgan fingerprint density at radius 1 is 0.386 bits per heavy atom. The van der Waals surface area contributed by atoms with Crippen LogP contribution in [0.4, 0.5) is 43.4 Å². The van der Waals surface area contributed by atoms with Gasteiger partial charge in [0.25, 0.3) is 0 Å². The van der Waals surface area contributed by atoms with Gasteiger partial charge in [-0.1, -0.05) is 48.5 Å². The van der Waals surface area contributed by atoms with Gasteiger partial charge in [-0.15, -0.1) is 0 Å². The maximum atomic E-state index is 16.2. The molecule has 0 unspecified atom stereocenters. The summed E-state index contributed by atoms with van der Waals surface area (Å²) in [5, 5.41) is 3.46. The molecular formula is C36H22F2N6. The molecule has 0 fully saturated rings. The van der Waals surface area contributed by atoms with Gasteiger partial charge in [0.05, 0.1) is 11.4 Å². The smallest absolute Gasteiger partial charge is 0.138 e. The van der Waals surface area contributed by atoms with Crippen LogP contribution in [0.3, 0.4) is 0 Å². The van der Waals surface area contributed by atoms with Gasteiger partial charge in [0.1, 0.15) is 34.9 Å². The highest BCUT2D eigenvalue weighted by Crippen LogP contribution is 2.47. The number of rotatable bonds is 6. The third kappa shape index (κ3) is 4.07. The first-order valence-electron chi connectivity index (χ1n) is 14.0. The zero-order chi connectivity index (χ0) is 29.6. The molecule has 0 saturated heterocycles. The average molecular weight is 577 g/mol. The van der Waals surface area contributed by atoms with E-state index in [1.807, 2.05) is 94.7 Å². The lowest BCUT2D eigenvalue weighted by Gasteiger charge is -2.27. The second kappa shape index (κ2) is 10.4. The highest BCUT2D eigenvalue weighted by molar-refractivity contribution is 6.28. The van der Waals surface area contributed by atoms with Crippen LogP contribution in [-0.4, -0.2) is 19.9 Å². The number of nitrogens with zero attached hydrogens (tertiary/aromatic N) is 6. The van der Waals surface area contributed by atoms with E-state index in [0.29, 0.717) is 56.2 Å². The third-order valence-electron chi connectivity index (χ3n) is 7.75. The fourth-order valence-corrected chi connectivity index (χ4v) is 5.91. The van der Waals surface area contributed by atoms with Crippen molar-refractivity contribution in [3.63, 3.8) is 0 Å². The summed E-state index contributed by atoms with van der Waals surface area (Å²) in [6.45, 7) is 0. The predicted molar refractivity (Wildman–Crippen MR) is 171 cm³/mol. The number of pyridine rings is 4. The first-order chi connectivity index (χ1) is 21.7. The summed E-state index contributed by atoms with van der Waals surface area (Å²) in [5.74, 6) is 1.42. The van der Waals surface area contributed by atoms with Crippen molar-refractivity contribution in [1.82, 2.24) is 19.9 Å². The molecule has 0 spiro atoms. The lowest BCUT2D eigenvalue weighted by Crippen LogP contribution is -2.14. The summed E-state index contributed by atoms with van der Waals surface area (Å²) >= 11 is 0. The van der Waals surface area contributed by atoms with Gasteiger partial charge in [-0.3, -0.25) is 9.80 Å². The quantitative estimate of drug-likeness (QED) is 0.184. The SMILES string of the molecule is Fc1cc(N(c2ccccn2)c2ccccn2)c2ccc3c(F)cc(N(c4ccccn4)c4ccccn4)c4ccc1c2c34. The highest BCUT2D eigenvalue weighted by atomic mass is 19.1. The van der Waals surface area contributed by atoms with Gasteiger partial charge in [0, 0.05) is 57.1 Å². The highest BCUT2D eigenvalue weighted by Gasteiger charge is 2.25. The Morgan fingerprint density at radius 2 is 0.705 bits per heavy atom. The maximum absolute atomic E-state index is 16.2. The van der Waals surface area contributed by atoms with Gasteiger partial charge in [0.15, 0.2) is 0 Å². The van der Waals surface area contributed by atoms with Crippen LogP contribution in [0.25, 0.3) is 32.3 Å². The Morgan fingerprint density at radius 3 is 1.00 bits per heavy atom. The molecule has 0 bridgehead atoms. The Labute approximate surface area is 250 Å². The van der Waals surface area contributed by atoms with E-state index in [-0.39, 0.29) is 0 Å². The fourth-order valence-electron chi connectivity index (χ4n) is 5.91. The normalized spacial score (nSPS) is 11.4. The van der Waals surface area contributed by atoms with Crippen LogP contribution in [0.5, 0.6) is 0 Å². The van der Waals surface area contributed by atoms with E-state index in [9.17, 15) is 0 Å². The van der Waals surface area contributed by atoms with E-state index in [0.717, 1.165) is 10.8 Å². The zero-order valence-corrected chi connectivity index (χ0v) is 23.1. The molecule has 0 aliphatic heterocycles. The summed E-state index contributed by atoms with van der Waals surface area (Å²) < 4.78 is 32.4. The molecule has 44 heavy (non-hydrogen) atoms. The molecule has 8 heteroatoms. The third-order valence-corrected chi connectivity index (χ3v) is 7.75. The molecule has 0 atom stereocenters. The predicted octanol–water partition coefficient (Wildman–Crippen LogP) is 9.38. The molecule has 0 radical (unpaired) electrons. The van der Waals surface area contributed by atoms with Crippen molar-refractivity contribution in [2.75, 3.05) is 9.80 Å². The van der Waals surface area contributed by atoms with Crippen LogP contribution in [0.15, 0.2) is 134 Å². The Hall–Kier alpha value is -6.02. The topological polar surface area (TPSA) is 58.0 Å². The van der Waals surface area contributed by atoms with Crippen molar-refractivity contribution in [1.29, 1.82) is 0 Å². The largest absolute Gasteiger partial charge is 0.278 e. The summed E-state index contributed by atoms with van der Waals surface area (Å²) in [5.41, 5.74) is 1.08. The van der Waals surface area contributed by atoms with E-state index < -0.39 is 11.6 Å². The average Bonchev–Trinajstić information content (AvgIpc) is 3.08. The van der Waals surface area contributed by atoms with Gasteiger partial charge in [0.2, 0.25) is 0 Å². The second-order valence-electron chi connectivity index (χ2n) is 10.2. The second-order valence-corrected chi connectivity index (χ2v) is 10.2. The molecule has 0 amide bonds. The van der Waals surface area contributed by atoms with Crippen LogP contribution >= 0.6 is 0 Å². The summed E-state index contributed by atoms with van der Waals surface area (Å²) in [4.78, 5) is 21.9. The van der Waals surface area contributed by atoms with Gasteiger partial charge in [-0.05, 0) is 60.7 Å². The van der Waals surface area contributed by atoms with Crippen molar-refractivity contribution in [3.05, 3.63) is 146 Å². The Kier molecular flexibility index (Phi) is 6.04. The fraction of sp³-hybridized carbons (Fsp3) is 0. The van der Waals surface area contributed by atoms with Crippen LogP contribution < -0.4 is 9.80 Å². The van der Waals surface area contributed by atoms with Crippen molar-refractivity contribution >= 4 is 67.0 Å². The van der Waals surface area contributed by atoms with Gasteiger partial charge in [-0.2, -0.15) is 0 Å². The molecule has 0 aliphatic carbocycles. The van der Waals surface area contributed by atoms with E-state index in [1.165, 1.54) is 12.1 Å². The van der Waals surface area contributed by atoms with Crippen molar-refractivity contribution in [2.45, 2.75) is 0 Å². The maximum Gasteiger partial charge on any atom is 0.138 e. The first-order valence-corrected chi connectivity index (χ1v) is 14.0. The van der Waals surface area contributed by atoms with Gasteiger partial charge < -0.3 is 0 Å². The number of aromatic nitrogens is 4. The van der Waals surface area contributed by atoms with Gasteiger partial charge in [-0.25, -0.2) is 28.7 Å². The van der Waals surface area contributed by atoms with Gasteiger partial charge >= 0.3 is 0 Å². The summed E-state index contributed by atoms with van der Waals surface area (Å²) in [6, 6.07) is 32.4. The lowest BCUT2D eigenvalue weighted by atomic mass is 9.91. The molecule has 8 rings (SSSR count). The van der Waals surface area contributed by atoms with Crippen molar-refractivity contribution in [2.24, 2.45) is 0 Å². The number of anilines is 6. The van der Waals surface area contributed by atoms with Crippen LogP contribution in [-0.2, 0) is 0 Å². The minimum absolute atomic E-state index is 0.391. The molecule has 0 saturated carbocycles. The molecule has 0 N–H and O–H groups in total. The van der Waals surface area contributed by atoms with E-state index >= 15 is 8.78 Å². The number of hydrogen-bond donors (Lipinski definition) is 0. The molecular weight excluding hydrogens is 554 g/mol. The van der Waals surface area contributed by atoms with E-state index in [2.05, 4.69) is 19.9 Å². The lowest BCUT2D eigenvalue weighted by molar-refractivity contribution is 0.639. The minimum atomic E-state index is -0.434. The van der Waals surface area contributed by atoms with Crippen molar-refractivity contribution in [3.8, 4) is 0 Å². The molecule has 4 aromatic heterocycles. The zero-order valence-electron chi connectivity index (χ0n) is 23.1. The molecule has 4 aromatic carbocycles. The number of benzene rings is 4. The monoisotopic (exact) mass is 576 g/mol. The standard InChI is InChI=1S/C36H22F2N6/c37-27-21-29(43(31-9-1-5-17-39-31)32-10-2-6-18-40-32)25-15-13-24-28(38)22-30(26-16-14-23(27)35(25)36(24)26)44(33-11-3-7-19-41-33)34-12-4-8-20-42-34/h1-22H. The molecule has 0 aliphatic rings. The van der Waals surface area contributed by atoms with Crippen molar-refractivity contribution < 1.29 is 8.78 Å². The first kappa shape index (κ1) is 25.7. The van der Waals surface area contributed by atoms with Crippen LogP contribution in [0, 0.1) is 11.6 Å². The molecule has 210 valence electrons. The van der Waals surface area contributed by atoms with Crippen LogP contribution in [0.1, 0.15) is 0 Å². The Bertz CT molecular complexity index is 2010. The van der Waals surface area contributed by atoms with Crippen LogP contribution in [0.2, 0.25) is 0 Å². The Balaban J connectivity index is 1.47. The van der Waals surface area contributed by atoms with E-state index in [1.54, 1.807) is 36.9 Å². The number of hydrogen-bond acceptors (Lipinski definition) is 6. The molecule has 6 nitrogen and oxygen atoms in total. The number of halogens is 2. The summed E-state index contributed by atoms with van der Waals surface area (Å²) in [6.07, 6.45) is 6.73.